The van der Waals surface area contributed by atoms with Gasteiger partial charge in [0.2, 0.25) is 0 Å². The average Bonchev–Trinajstić information content (AvgIpc) is 2.96. The molecular formula is C15H22N2O3S. The van der Waals surface area contributed by atoms with Crippen LogP contribution in [0.1, 0.15) is 43.7 Å². The standard InChI is InChI=1S/C15H22N2O3S/c1-4-19-14(18)11-5-6-12-13(11)16-15(21-12)17-7-9(2)20-10(3)8-17/h9-11H,4-8H2,1-3H3/t9-,10+,11?. The van der Waals surface area contributed by atoms with Crippen molar-refractivity contribution in [2.75, 3.05) is 24.6 Å². The van der Waals surface area contributed by atoms with Crippen molar-refractivity contribution in [1.82, 2.24) is 4.98 Å². The number of esters is 1. The Bertz CT molecular complexity index is 521. The van der Waals surface area contributed by atoms with Gasteiger partial charge in [0.1, 0.15) is 5.92 Å². The predicted molar refractivity (Wildman–Crippen MR) is 82.0 cm³/mol. The lowest BCUT2D eigenvalue weighted by atomic mass is 10.1. The highest BCUT2D eigenvalue weighted by atomic mass is 32.1. The van der Waals surface area contributed by atoms with Crippen molar-refractivity contribution in [3.63, 3.8) is 0 Å². The molecular weight excluding hydrogens is 288 g/mol. The van der Waals surface area contributed by atoms with Crippen molar-refractivity contribution in [2.45, 2.75) is 51.7 Å². The molecule has 116 valence electrons. The van der Waals surface area contributed by atoms with Crippen LogP contribution in [0.25, 0.3) is 0 Å². The Kier molecular flexibility index (Phi) is 4.17. The molecule has 1 aliphatic carbocycles. The van der Waals surface area contributed by atoms with Gasteiger partial charge in [-0.3, -0.25) is 4.79 Å². The van der Waals surface area contributed by atoms with Crippen LogP contribution in [-0.2, 0) is 20.7 Å². The minimum atomic E-state index is -0.166. The van der Waals surface area contributed by atoms with Gasteiger partial charge in [0.05, 0.1) is 24.5 Å². The fourth-order valence-corrected chi connectivity index (χ4v) is 4.31. The molecule has 0 bridgehead atoms. The summed E-state index contributed by atoms with van der Waals surface area (Å²) in [7, 11) is 0. The maximum Gasteiger partial charge on any atom is 0.315 e. The van der Waals surface area contributed by atoms with E-state index in [1.807, 2.05) is 6.92 Å². The van der Waals surface area contributed by atoms with E-state index in [1.54, 1.807) is 11.3 Å². The zero-order valence-electron chi connectivity index (χ0n) is 12.8. The van der Waals surface area contributed by atoms with Gasteiger partial charge in [0.15, 0.2) is 5.13 Å². The third kappa shape index (κ3) is 2.92. The number of hydrogen-bond donors (Lipinski definition) is 0. The Labute approximate surface area is 129 Å². The van der Waals surface area contributed by atoms with E-state index in [0.29, 0.717) is 6.61 Å². The summed E-state index contributed by atoms with van der Waals surface area (Å²) in [5.74, 6) is -0.294. The summed E-state index contributed by atoms with van der Waals surface area (Å²) in [6.07, 6.45) is 2.21. The molecule has 21 heavy (non-hydrogen) atoms. The minimum absolute atomic E-state index is 0.128. The van der Waals surface area contributed by atoms with Crippen molar-refractivity contribution in [1.29, 1.82) is 0 Å². The van der Waals surface area contributed by atoms with Gasteiger partial charge < -0.3 is 14.4 Å². The van der Waals surface area contributed by atoms with Crippen LogP contribution in [0, 0.1) is 0 Å². The molecule has 2 aliphatic rings. The first-order valence-electron chi connectivity index (χ1n) is 7.65. The van der Waals surface area contributed by atoms with Crippen LogP contribution < -0.4 is 4.90 Å². The van der Waals surface area contributed by atoms with Crippen LogP contribution in [0.3, 0.4) is 0 Å². The molecule has 5 nitrogen and oxygen atoms in total. The Hall–Kier alpha value is -1.14. The lowest BCUT2D eigenvalue weighted by Crippen LogP contribution is -2.45. The van der Waals surface area contributed by atoms with Gasteiger partial charge in [-0.15, -0.1) is 11.3 Å². The molecule has 2 heterocycles. The molecule has 3 rings (SSSR count). The molecule has 3 atom stereocenters. The fraction of sp³-hybridized carbons (Fsp3) is 0.733. The normalized spacial score (nSPS) is 28.5. The lowest BCUT2D eigenvalue weighted by Gasteiger charge is -2.35. The van der Waals surface area contributed by atoms with Crippen molar-refractivity contribution in [3.05, 3.63) is 10.6 Å². The van der Waals surface area contributed by atoms with Crippen molar-refractivity contribution >= 4 is 22.4 Å². The number of carbonyl (C=O) groups is 1. The first-order valence-corrected chi connectivity index (χ1v) is 8.46. The van der Waals surface area contributed by atoms with Crippen LogP contribution in [0.2, 0.25) is 0 Å². The maximum absolute atomic E-state index is 12.0. The minimum Gasteiger partial charge on any atom is -0.465 e. The van der Waals surface area contributed by atoms with Crippen molar-refractivity contribution in [3.8, 4) is 0 Å². The summed E-state index contributed by atoms with van der Waals surface area (Å²) in [6, 6.07) is 0. The van der Waals surface area contributed by atoms with Crippen molar-refractivity contribution in [2.24, 2.45) is 0 Å². The van der Waals surface area contributed by atoms with Crippen LogP contribution in [0.5, 0.6) is 0 Å². The summed E-state index contributed by atoms with van der Waals surface area (Å²) < 4.78 is 10.9. The number of fused-ring (bicyclic) bond motifs is 1. The number of aromatic nitrogens is 1. The molecule has 0 amide bonds. The number of ether oxygens (including phenoxy) is 2. The van der Waals surface area contributed by atoms with E-state index in [4.69, 9.17) is 14.5 Å². The number of nitrogens with zero attached hydrogens (tertiary/aromatic N) is 2. The second kappa shape index (κ2) is 5.93. The summed E-state index contributed by atoms with van der Waals surface area (Å²) in [4.78, 5) is 20.3. The maximum atomic E-state index is 12.0. The monoisotopic (exact) mass is 310 g/mol. The average molecular weight is 310 g/mol. The first kappa shape index (κ1) is 14.8. The third-order valence-electron chi connectivity index (χ3n) is 3.97. The van der Waals surface area contributed by atoms with Gasteiger partial charge in [-0.1, -0.05) is 0 Å². The second-order valence-electron chi connectivity index (χ2n) is 5.81. The third-order valence-corrected chi connectivity index (χ3v) is 5.16. The predicted octanol–water partition coefficient (Wildman–Crippen LogP) is 2.35. The molecule has 0 saturated carbocycles. The molecule has 1 fully saturated rings. The van der Waals surface area contributed by atoms with E-state index in [9.17, 15) is 4.79 Å². The van der Waals surface area contributed by atoms with Gasteiger partial charge >= 0.3 is 5.97 Å². The molecule has 0 spiro atoms. The van der Waals surface area contributed by atoms with Crippen molar-refractivity contribution < 1.29 is 14.3 Å². The van der Waals surface area contributed by atoms with Crippen LogP contribution in [-0.4, -0.2) is 42.9 Å². The molecule has 1 saturated heterocycles. The Morgan fingerprint density at radius 1 is 1.43 bits per heavy atom. The highest BCUT2D eigenvalue weighted by molar-refractivity contribution is 7.15. The number of rotatable bonds is 3. The van der Waals surface area contributed by atoms with Gasteiger partial charge in [-0.25, -0.2) is 4.98 Å². The summed E-state index contributed by atoms with van der Waals surface area (Å²) in [6.45, 7) is 8.18. The highest BCUT2D eigenvalue weighted by Gasteiger charge is 2.35. The fourth-order valence-electron chi connectivity index (χ4n) is 3.16. The molecule has 1 aromatic heterocycles. The number of hydrogen-bond acceptors (Lipinski definition) is 6. The number of thiazole rings is 1. The first-order chi connectivity index (χ1) is 10.1. The van der Waals surface area contributed by atoms with E-state index in [1.165, 1.54) is 4.88 Å². The smallest absolute Gasteiger partial charge is 0.315 e. The van der Waals surface area contributed by atoms with Crippen LogP contribution in [0.15, 0.2) is 0 Å². The second-order valence-corrected chi connectivity index (χ2v) is 6.87. The molecule has 6 heteroatoms. The van der Waals surface area contributed by atoms with Gasteiger partial charge in [-0.05, 0) is 33.6 Å². The van der Waals surface area contributed by atoms with E-state index in [0.717, 1.165) is 36.8 Å². The Balaban J connectivity index is 1.78. The summed E-state index contributed by atoms with van der Waals surface area (Å²) in [5.41, 5.74) is 0.945. The van der Waals surface area contributed by atoms with Gasteiger partial charge in [-0.2, -0.15) is 0 Å². The van der Waals surface area contributed by atoms with E-state index in [-0.39, 0.29) is 24.1 Å². The largest absolute Gasteiger partial charge is 0.465 e. The molecule has 1 unspecified atom stereocenters. The van der Waals surface area contributed by atoms with Crippen LogP contribution in [0.4, 0.5) is 5.13 Å². The SMILES string of the molecule is CCOC(=O)C1CCc2sc(N3C[C@@H](C)O[C@@H](C)C3)nc21. The van der Waals surface area contributed by atoms with Gasteiger partial charge in [0.25, 0.3) is 0 Å². The van der Waals surface area contributed by atoms with Gasteiger partial charge in [0, 0.05) is 18.0 Å². The zero-order valence-corrected chi connectivity index (χ0v) is 13.6. The van der Waals surface area contributed by atoms with E-state index in [2.05, 4.69) is 18.7 Å². The highest BCUT2D eigenvalue weighted by Crippen LogP contribution is 2.40. The molecule has 1 aliphatic heterocycles. The Morgan fingerprint density at radius 2 is 2.14 bits per heavy atom. The van der Waals surface area contributed by atoms with E-state index >= 15 is 0 Å². The summed E-state index contributed by atoms with van der Waals surface area (Å²) >= 11 is 1.72. The van der Waals surface area contributed by atoms with E-state index < -0.39 is 0 Å². The van der Waals surface area contributed by atoms with Crippen LogP contribution >= 0.6 is 11.3 Å². The molecule has 0 aromatic carbocycles. The molecule has 0 radical (unpaired) electrons. The summed E-state index contributed by atoms with van der Waals surface area (Å²) in [5, 5.41) is 1.02. The number of anilines is 1. The number of aryl methyl sites for hydroxylation is 1. The topological polar surface area (TPSA) is 51.7 Å². The molecule has 1 aromatic rings. The zero-order chi connectivity index (χ0) is 15.0. The molecule has 0 N–H and O–H groups in total. The lowest BCUT2D eigenvalue weighted by molar-refractivity contribution is -0.145. The number of morpholine rings is 1. The Morgan fingerprint density at radius 3 is 2.81 bits per heavy atom. The number of carbonyl (C=O) groups excluding carboxylic acids is 1. The quantitative estimate of drug-likeness (QED) is 0.802.